The van der Waals surface area contributed by atoms with Gasteiger partial charge in [0, 0.05) is 30.3 Å². The number of rotatable bonds is 3. The van der Waals surface area contributed by atoms with Crippen LogP contribution < -0.4 is 10.2 Å². The first-order valence-corrected chi connectivity index (χ1v) is 11.4. The predicted molar refractivity (Wildman–Crippen MR) is 126 cm³/mol. The molecule has 0 aliphatic carbocycles. The zero-order valence-electron chi connectivity index (χ0n) is 19.0. The molecule has 5 rings (SSSR count). The van der Waals surface area contributed by atoms with Crippen molar-refractivity contribution in [2.75, 3.05) is 29.9 Å². The summed E-state index contributed by atoms with van der Waals surface area (Å²) in [5.74, 6) is -1.73. The standard InChI is InChI=1S/C27H26F3N3O/c1-18-5-8-25-22(13-18)27(9-11-32(12-10-27)16-19-3-2-4-20(28)14-19)17-33(25)26(34)31-24-7-6-21(29)15-23(24)30/h2-8,13-15H,9-12,16-17H2,1H3,(H,31,34). The number of carbonyl (C=O) groups excluding carboxylic acids is 1. The Kier molecular flexibility index (Phi) is 5.81. The molecule has 2 aliphatic rings. The number of carbonyl (C=O) groups is 1. The highest BCUT2D eigenvalue weighted by Gasteiger charge is 2.46. The lowest BCUT2D eigenvalue weighted by Crippen LogP contribution is -2.46. The number of amides is 2. The van der Waals surface area contributed by atoms with E-state index in [1.54, 1.807) is 17.0 Å². The Morgan fingerprint density at radius 1 is 0.971 bits per heavy atom. The van der Waals surface area contributed by atoms with Crippen LogP contribution in [0.5, 0.6) is 0 Å². The summed E-state index contributed by atoms with van der Waals surface area (Å²) in [6, 6.07) is 15.4. The molecule has 1 saturated heterocycles. The number of anilines is 2. The lowest BCUT2D eigenvalue weighted by molar-refractivity contribution is 0.160. The van der Waals surface area contributed by atoms with E-state index in [-0.39, 0.29) is 16.9 Å². The minimum absolute atomic E-state index is 0.0501. The van der Waals surface area contributed by atoms with E-state index in [0.29, 0.717) is 13.1 Å². The van der Waals surface area contributed by atoms with Crippen LogP contribution in [0.1, 0.15) is 29.5 Å². The van der Waals surface area contributed by atoms with Crippen molar-refractivity contribution in [2.24, 2.45) is 0 Å². The molecule has 1 N–H and O–H groups in total. The van der Waals surface area contributed by atoms with Gasteiger partial charge in [0.05, 0.1) is 5.69 Å². The molecule has 0 radical (unpaired) electrons. The molecule has 1 spiro atoms. The third-order valence-corrected chi connectivity index (χ3v) is 7.00. The lowest BCUT2D eigenvalue weighted by atomic mass is 9.74. The second-order valence-electron chi connectivity index (χ2n) is 9.35. The number of piperidine rings is 1. The van der Waals surface area contributed by atoms with E-state index < -0.39 is 17.7 Å². The first-order chi connectivity index (χ1) is 16.3. The molecular weight excluding hydrogens is 439 g/mol. The number of nitrogens with one attached hydrogen (secondary N) is 1. The Balaban J connectivity index is 1.35. The third kappa shape index (κ3) is 4.28. The fourth-order valence-corrected chi connectivity index (χ4v) is 5.20. The number of nitrogens with zero attached hydrogens (tertiary/aromatic N) is 2. The number of hydrogen-bond acceptors (Lipinski definition) is 2. The number of fused-ring (bicyclic) bond motifs is 2. The predicted octanol–water partition coefficient (Wildman–Crippen LogP) is 6.00. The minimum Gasteiger partial charge on any atom is -0.305 e. The van der Waals surface area contributed by atoms with Gasteiger partial charge in [0.25, 0.3) is 0 Å². The van der Waals surface area contributed by atoms with Crippen LogP contribution >= 0.6 is 0 Å². The molecule has 1 fully saturated rings. The van der Waals surface area contributed by atoms with Gasteiger partial charge in [0.2, 0.25) is 0 Å². The monoisotopic (exact) mass is 465 g/mol. The fraction of sp³-hybridized carbons (Fsp3) is 0.296. The largest absolute Gasteiger partial charge is 0.326 e. The van der Waals surface area contributed by atoms with E-state index in [4.69, 9.17) is 0 Å². The van der Waals surface area contributed by atoms with Gasteiger partial charge in [-0.05, 0) is 74.3 Å². The van der Waals surface area contributed by atoms with Crippen LogP contribution in [-0.4, -0.2) is 30.6 Å². The van der Waals surface area contributed by atoms with Crippen LogP contribution in [0.2, 0.25) is 0 Å². The Morgan fingerprint density at radius 2 is 1.74 bits per heavy atom. The molecule has 3 aromatic carbocycles. The fourth-order valence-electron chi connectivity index (χ4n) is 5.20. The van der Waals surface area contributed by atoms with Gasteiger partial charge in [0.15, 0.2) is 0 Å². The van der Waals surface area contributed by atoms with Crippen molar-refractivity contribution in [3.05, 3.63) is 94.8 Å². The molecule has 7 heteroatoms. The molecule has 0 aromatic heterocycles. The zero-order valence-corrected chi connectivity index (χ0v) is 19.0. The van der Waals surface area contributed by atoms with Crippen molar-refractivity contribution < 1.29 is 18.0 Å². The first kappa shape index (κ1) is 22.5. The number of likely N-dealkylation sites (tertiary alicyclic amines) is 1. The number of benzene rings is 3. The average Bonchev–Trinajstić information content (AvgIpc) is 3.11. The van der Waals surface area contributed by atoms with Gasteiger partial charge in [0.1, 0.15) is 17.5 Å². The SMILES string of the molecule is Cc1ccc2c(c1)C1(CCN(Cc3cccc(F)c3)CC1)CN2C(=O)Nc1ccc(F)cc1F. The van der Waals surface area contributed by atoms with Crippen molar-refractivity contribution in [1.82, 2.24) is 4.90 Å². The Labute approximate surface area is 197 Å². The number of aryl methyl sites for hydroxylation is 1. The van der Waals surface area contributed by atoms with E-state index in [9.17, 15) is 18.0 Å². The third-order valence-electron chi connectivity index (χ3n) is 7.00. The molecule has 2 aliphatic heterocycles. The van der Waals surface area contributed by atoms with Gasteiger partial charge in [-0.1, -0.05) is 29.8 Å². The highest BCUT2D eigenvalue weighted by atomic mass is 19.1. The van der Waals surface area contributed by atoms with Gasteiger partial charge in [-0.3, -0.25) is 9.80 Å². The first-order valence-electron chi connectivity index (χ1n) is 11.4. The average molecular weight is 466 g/mol. The van der Waals surface area contributed by atoms with Crippen LogP contribution in [0.3, 0.4) is 0 Å². The maximum atomic E-state index is 14.1. The number of hydrogen-bond donors (Lipinski definition) is 1. The minimum atomic E-state index is -0.808. The second kappa shape index (κ2) is 8.80. The normalized spacial score (nSPS) is 17.1. The van der Waals surface area contributed by atoms with Gasteiger partial charge in [-0.2, -0.15) is 0 Å². The summed E-state index contributed by atoms with van der Waals surface area (Å²) in [4.78, 5) is 17.1. The van der Waals surface area contributed by atoms with Gasteiger partial charge in [-0.15, -0.1) is 0 Å². The maximum absolute atomic E-state index is 14.1. The van der Waals surface area contributed by atoms with E-state index in [0.717, 1.165) is 60.4 Å². The zero-order chi connectivity index (χ0) is 23.9. The van der Waals surface area contributed by atoms with Crippen molar-refractivity contribution in [2.45, 2.75) is 31.7 Å². The summed E-state index contributed by atoms with van der Waals surface area (Å²) in [5, 5.41) is 2.60. The molecule has 3 aromatic rings. The summed E-state index contributed by atoms with van der Waals surface area (Å²) in [7, 11) is 0. The topological polar surface area (TPSA) is 35.6 Å². The Morgan fingerprint density at radius 3 is 2.47 bits per heavy atom. The Bertz CT molecular complexity index is 1240. The summed E-state index contributed by atoms with van der Waals surface area (Å²) in [5.41, 5.74) is 3.77. The summed E-state index contributed by atoms with van der Waals surface area (Å²) < 4.78 is 41.0. The quantitative estimate of drug-likeness (QED) is 0.515. The van der Waals surface area contributed by atoms with E-state index in [1.165, 1.54) is 12.1 Å². The molecule has 2 amide bonds. The van der Waals surface area contributed by atoms with Crippen molar-refractivity contribution in [3.8, 4) is 0 Å². The highest BCUT2D eigenvalue weighted by Crippen LogP contribution is 2.47. The Hall–Kier alpha value is -3.32. The summed E-state index contributed by atoms with van der Waals surface area (Å²) in [6.45, 7) is 4.86. The maximum Gasteiger partial charge on any atom is 0.326 e. The molecule has 0 bridgehead atoms. The number of urea groups is 1. The van der Waals surface area contributed by atoms with E-state index >= 15 is 0 Å². The van der Waals surface area contributed by atoms with Crippen LogP contribution in [0.4, 0.5) is 29.3 Å². The molecule has 176 valence electrons. The van der Waals surface area contributed by atoms with Gasteiger partial charge < -0.3 is 5.32 Å². The molecular formula is C27H26F3N3O. The van der Waals surface area contributed by atoms with Crippen LogP contribution in [0.15, 0.2) is 60.7 Å². The van der Waals surface area contributed by atoms with Crippen molar-refractivity contribution in [3.63, 3.8) is 0 Å². The summed E-state index contributed by atoms with van der Waals surface area (Å²) in [6.07, 6.45) is 1.71. The molecule has 0 saturated carbocycles. The molecule has 0 unspecified atom stereocenters. The van der Waals surface area contributed by atoms with E-state index in [1.807, 2.05) is 25.1 Å². The van der Waals surface area contributed by atoms with E-state index in [2.05, 4.69) is 16.3 Å². The molecule has 0 atom stereocenters. The lowest BCUT2D eigenvalue weighted by Gasteiger charge is -2.40. The van der Waals surface area contributed by atoms with Crippen molar-refractivity contribution >= 4 is 17.4 Å². The second-order valence-corrected chi connectivity index (χ2v) is 9.35. The smallest absolute Gasteiger partial charge is 0.305 e. The highest BCUT2D eigenvalue weighted by molar-refractivity contribution is 6.03. The van der Waals surface area contributed by atoms with Crippen LogP contribution in [-0.2, 0) is 12.0 Å². The van der Waals surface area contributed by atoms with Gasteiger partial charge >= 0.3 is 6.03 Å². The molecule has 4 nitrogen and oxygen atoms in total. The van der Waals surface area contributed by atoms with Crippen LogP contribution in [0, 0.1) is 24.4 Å². The van der Waals surface area contributed by atoms with Gasteiger partial charge in [-0.25, -0.2) is 18.0 Å². The number of halogens is 3. The summed E-state index contributed by atoms with van der Waals surface area (Å²) >= 11 is 0. The van der Waals surface area contributed by atoms with Crippen LogP contribution in [0.25, 0.3) is 0 Å². The molecule has 2 heterocycles. The molecule has 34 heavy (non-hydrogen) atoms. The van der Waals surface area contributed by atoms with Crippen molar-refractivity contribution in [1.29, 1.82) is 0 Å².